The predicted octanol–water partition coefficient (Wildman–Crippen LogP) is 4.89. The van der Waals surface area contributed by atoms with Gasteiger partial charge in [0, 0.05) is 13.0 Å². The minimum absolute atomic E-state index is 0.701. The number of hydrogen-bond donors (Lipinski definition) is 0. The van der Waals surface area contributed by atoms with Crippen molar-refractivity contribution in [1.82, 2.24) is 14.5 Å². The van der Waals surface area contributed by atoms with E-state index in [-0.39, 0.29) is 0 Å². The van der Waals surface area contributed by atoms with Gasteiger partial charge in [-0.25, -0.2) is 4.98 Å². The van der Waals surface area contributed by atoms with E-state index in [1.54, 1.807) is 0 Å². The van der Waals surface area contributed by atoms with Gasteiger partial charge in [-0.3, -0.25) is 0 Å². The van der Waals surface area contributed by atoms with Crippen LogP contribution in [0.5, 0.6) is 0 Å². The summed E-state index contributed by atoms with van der Waals surface area (Å²) in [4.78, 5) is 7.61. The smallest absolute Gasteiger partial charge is 0.109 e. The molecule has 1 fully saturated rings. The lowest BCUT2D eigenvalue weighted by Crippen LogP contribution is -2.26. The standard InChI is InChI=1S/C21H33N3/c1-3-18(2)17-24-20-12-7-6-11-19(20)22-21(24)13-10-16-23-14-8-4-5-9-15-23/h6-7,11-12,18H,3-5,8-10,13-17H2,1-2H3. The Bertz CT molecular complexity index is 623. The molecule has 0 amide bonds. The topological polar surface area (TPSA) is 21.1 Å². The van der Waals surface area contributed by atoms with Gasteiger partial charge in [-0.1, -0.05) is 45.2 Å². The molecule has 24 heavy (non-hydrogen) atoms. The van der Waals surface area contributed by atoms with Crippen molar-refractivity contribution in [1.29, 1.82) is 0 Å². The highest BCUT2D eigenvalue weighted by Gasteiger charge is 2.14. The van der Waals surface area contributed by atoms with E-state index in [0.717, 1.165) is 18.5 Å². The minimum atomic E-state index is 0.701. The molecule has 0 bridgehead atoms. The molecule has 3 nitrogen and oxygen atoms in total. The quantitative estimate of drug-likeness (QED) is 0.722. The first-order valence-corrected chi connectivity index (χ1v) is 9.94. The fourth-order valence-corrected chi connectivity index (χ4v) is 3.78. The fraction of sp³-hybridized carbons (Fsp3) is 0.667. The number of aromatic nitrogens is 2. The molecule has 0 radical (unpaired) electrons. The van der Waals surface area contributed by atoms with Gasteiger partial charge in [-0.15, -0.1) is 0 Å². The number of fused-ring (bicyclic) bond motifs is 1. The van der Waals surface area contributed by atoms with E-state index in [9.17, 15) is 0 Å². The zero-order valence-corrected chi connectivity index (χ0v) is 15.5. The Morgan fingerprint density at radius 2 is 1.83 bits per heavy atom. The van der Waals surface area contributed by atoms with Crippen molar-refractivity contribution in [2.24, 2.45) is 5.92 Å². The van der Waals surface area contributed by atoms with Crippen LogP contribution in [0, 0.1) is 5.92 Å². The van der Waals surface area contributed by atoms with E-state index in [0.29, 0.717) is 5.92 Å². The molecule has 0 spiro atoms. The third-order valence-corrected chi connectivity index (χ3v) is 5.50. The highest BCUT2D eigenvalue weighted by Crippen LogP contribution is 2.20. The van der Waals surface area contributed by atoms with Crippen molar-refractivity contribution in [2.75, 3.05) is 19.6 Å². The van der Waals surface area contributed by atoms with Crippen molar-refractivity contribution in [3.05, 3.63) is 30.1 Å². The van der Waals surface area contributed by atoms with Gasteiger partial charge < -0.3 is 9.47 Å². The van der Waals surface area contributed by atoms with Gasteiger partial charge in [0.2, 0.25) is 0 Å². The molecule has 1 aromatic heterocycles. The number of imidazole rings is 1. The molecule has 1 aromatic carbocycles. The molecule has 0 saturated carbocycles. The Balaban J connectivity index is 1.67. The van der Waals surface area contributed by atoms with Gasteiger partial charge in [0.05, 0.1) is 11.0 Å². The molecule has 0 aliphatic carbocycles. The van der Waals surface area contributed by atoms with Crippen molar-refractivity contribution in [3.8, 4) is 0 Å². The Morgan fingerprint density at radius 1 is 1.08 bits per heavy atom. The molecule has 1 unspecified atom stereocenters. The van der Waals surface area contributed by atoms with Gasteiger partial charge in [0.25, 0.3) is 0 Å². The molecular weight excluding hydrogens is 294 g/mol. The normalized spacial score (nSPS) is 17.9. The number of rotatable bonds is 7. The highest BCUT2D eigenvalue weighted by molar-refractivity contribution is 5.75. The maximum atomic E-state index is 4.95. The molecule has 1 aliphatic rings. The average Bonchev–Trinajstić information content (AvgIpc) is 2.76. The van der Waals surface area contributed by atoms with E-state index < -0.39 is 0 Å². The van der Waals surface area contributed by atoms with Crippen LogP contribution in [-0.4, -0.2) is 34.1 Å². The monoisotopic (exact) mass is 327 g/mol. The van der Waals surface area contributed by atoms with Crippen LogP contribution in [0.3, 0.4) is 0 Å². The molecular formula is C21H33N3. The van der Waals surface area contributed by atoms with Gasteiger partial charge in [0.1, 0.15) is 5.82 Å². The predicted molar refractivity (Wildman–Crippen MR) is 102 cm³/mol. The summed E-state index contributed by atoms with van der Waals surface area (Å²) in [5, 5.41) is 0. The number of hydrogen-bond acceptors (Lipinski definition) is 2. The maximum absolute atomic E-state index is 4.95. The maximum Gasteiger partial charge on any atom is 0.109 e. The molecule has 2 aromatic rings. The van der Waals surface area contributed by atoms with Crippen LogP contribution in [0.2, 0.25) is 0 Å². The molecule has 1 saturated heterocycles. The van der Waals surface area contributed by atoms with Crippen LogP contribution in [-0.2, 0) is 13.0 Å². The van der Waals surface area contributed by atoms with Crippen molar-refractivity contribution < 1.29 is 0 Å². The summed E-state index contributed by atoms with van der Waals surface area (Å²) in [6, 6.07) is 8.62. The van der Waals surface area contributed by atoms with Gasteiger partial charge in [0.15, 0.2) is 0 Å². The van der Waals surface area contributed by atoms with Crippen molar-refractivity contribution in [2.45, 2.75) is 65.3 Å². The van der Waals surface area contributed by atoms with Crippen LogP contribution in [0.25, 0.3) is 11.0 Å². The molecule has 0 N–H and O–H groups in total. The van der Waals surface area contributed by atoms with Crippen molar-refractivity contribution in [3.63, 3.8) is 0 Å². The second-order valence-electron chi connectivity index (χ2n) is 7.50. The number of aryl methyl sites for hydroxylation is 1. The van der Waals surface area contributed by atoms with Crippen LogP contribution in [0.1, 0.15) is 58.2 Å². The lowest BCUT2D eigenvalue weighted by Gasteiger charge is -2.19. The number of para-hydroxylation sites is 2. The summed E-state index contributed by atoms with van der Waals surface area (Å²) >= 11 is 0. The van der Waals surface area contributed by atoms with Crippen LogP contribution < -0.4 is 0 Å². The fourth-order valence-electron chi connectivity index (χ4n) is 3.78. The molecule has 2 heterocycles. The summed E-state index contributed by atoms with van der Waals surface area (Å²) < 4.78 is 2.48. The summed E-state index contributed by atoms with van der Waals surface area (Å²) in [6.45, 7) is 9.54. The van der Waals surface area contributed by atoms with Crippen LogP contribution in [0.15, 0.2) is 24.3 Å². The molecule has 3 heteroatoms. The van der Waals surface area contributed by atoms with E-state index in [4.69, 9.17) is 4.98 Å². The van der Waals surface area contributed by atoms with Gasteiger partial charge in [-0.05, 0) is 56.9 Å². The first-order valence-electron chi connectivity index (χ1n) is 9.94. The van der Waals surface area contributed by atoms with E-state index in [2.05, 4.69) is 47.6 Å². The first-order chi connectivity index (χ1) is 11.8. The summed E-state index contributed by atoms with van der Waals surface area (Å²) in [6.07, 6.45) is 9.15. The van der Waals surface area contributed by atoms with Gasteiger partial charge in [-0.2, -0.15) is 0 Å². The summed E-state index contributed by atoms with van der Waals surface area (Å²) in [7, 11) is 0. The minimum Gasteiger partial charge on any atom is -0.328 e. The zero-order valence-electron chi connectivity index (χ0n) is 15.5. The number of likely N-dealkylation sites (tertiary alicyclic amines) is 1. The second kappa shape index (κ2) is 8.66. The second-order valence-corrected chi connectivity index (χ2v) is 7.50. The van der Waals surface area contributed by atoms with Gasteiger partial charge >= 0.3 is 0 Å². The van der Waals surface area contributed by atoms with E-state index in [1.807, 2.05) is 0 Å². The SMILES string of the molecule is CCC(C)Cn1c(CCCN2CCCCCC2)nc2ccccc21. The third kappa shape index (κ3) is 4.38. The summed E-state index contributed by atoms with van der Waals surface area (Å²) in [5.74, 6) is 1.98. The highest BCUT2D eigenvalue weighted by atomic mass is 15.1. The lowest BCUT2D eigenvalue weighted by molar-refractivity contribution is 0.280. The molecule has 132 valence electrons. The van der Waals surface area contributed by atoms with E-state index in [1.165, 1.54) is 69.5 Å². The summed E-state index contributed by atoms with van der Waals surface area (Å²) in [5.41, 5.74) is 2.47. The molecule has 3 rings (SSSR count). The van der Waals surface area contributed by atoms with Crippen molar-refractivity contribution >= 4 is 11.0 Å². The van der Waals surface area contributed by atoms with Crippen LogP contribution >= 0.6 is 0 Å². The zero-order chi connectivity index (χ0) is 16.8. The Hall–Kier alpha value is -1.35. The first kappa shape index (κ1) is 17.5. The Kier molecular flexibility index (Phi) is 6.30. The Morgan fingerprint density at radius 3 is 2.58 bits per heavy atom. The molecule has 1 aliphatic heterocycles. The lowest BCUT2D eigenvalue weighted by atomic mass is 10.1. The van der Waals surface area contributed by atoms with Crippen LogP contribution in [0.4, 0.5) is 0 Å². The molecule has 1 atom stereocenters. The third-order valence-electron chi connectivity index (χ3n) is 5.50. The number of nitrogens with zero attached hydrogens (tertiary/aromatic N) is 3. The number of benzene rings is 1. The Labute approximate surface area is 147 Å². The van der Waals surface area contributed by atoms with E-state index >= 15 is 0 Å². The largest absolute Gasteiger partial charge is 0.328 e. The average molecular weight is 328 g/mol.